The van der Waals surface area contributed by atoms with Gasteiger partial charge < -0.3 is 14.2 Å². The molecule has 1 heterocycles. The van der Waals surface area contributed by atoms with Crippen molar-refractivity contribution in [3.8, 4) is 27.8 Å². The van der Waals surface area contributed by atoms with Gasteiger partial charge in [0, 0.05) is 10.4 Å². The van der Waals surface area contributed by atoms with Crippen molar-refractivity contribution >= 4 is 34.5 Å². The van der Waals surface area contributed by atoms with E-state index in [9.17, 15) is 0 Å². The SMILES string of the molecule is COc1cccc(-c2nc(COc3ccc(Cl)cc3Cl)cs2)c1OC. The van der Waals surface area contributed by atoms with Gasteiger partial charge in [-0.3, -0.25) is 0 Å². The van der Waals surface area contributed by atoms with Crippen molar-refractivity contribution in [1.82, 2.24) is 4.98 Å². The Balaban J connectivity index is 1.79. The lowest BCUT2D eigenvalue weighted by atomic mass is 10.2. The van der Waals surface area contributed by atoms with Crippen LogP contribution in [0.25, 0.3) is 10.6 Å². The van der Waals surface area contributed by atoms with Crippen LogP contribution in [0, 0.1) is 0 Å². The fourth-order valence-corrected chi connectivity index (χ4v) is 3.59. The molecule has 0 saturated carbocycles. The van der Waals surface area contributed by atoms with Gasteiger partial charge in [-0.1, -0.05) is 29.3 Å². The average molecular weight is 396 g/mol. The van der Waals surface area contributed by atoms with Crippen LogP contribution >= 0.6 is 34.5 Å². The van der Waals surface area contributed by atoms with Gasteiger partial charge in [-0.05, 0) is 30.3 Å². The molecule has 0 aliphatic heterocycles. The fraction of sp³-hybridized carbons (Fsp3) is 0.167. The third-order valence-electron chi connectivity index (χ3n) is 3.45. The van der Waals surface area contributed by atoms with Gasteiger partial charge in [-0.25, -0.2) is 4.98 Å². The van der Waals surface area contributed by atoms with Crippen molar-refractivity contribution in [1.29, 1.82) is 0 Å². The molecule has 0 radical (unpaired) electrons. The first-order chi connectivity index (χ1) is 12.1. The molecular weight excluding hydrogens is 381 g/mol. The molecule has 3 rings (SSSR count). The highest BCUT2D eigenvalue weighted by molar-refractivity contribution is 7.13. The molecule has 0 bridgehead atoms. The van der Waals surface area contributed by atoms with Crippen LogP contribution in [0.15, 0.2) is 41.8 Å². The summed E-state index contributed by atoms with van der Waals surface area (Å²) in [7, 11) is 3.22. The standard InChI is InChI=1S/C18H15Cl2NO3S/c1-22-16-5-3-4-13(17(16)23-2)18-21-12(10-25-18)9-24-15-7-6-11(19)8-14(15)20/h3-8,10H,9H2,1-2H3. The zero-order valence-corrected chi connectivity index (χ0v) is 15.9. The molecule has 0 aliphatic rings. The van der Waals surface area contributed by atoms with Crippen LogP contribution in [0.2, 0.25) is 10.0 Å². The van der Waals surface area contributed by atoms with E-state index in [0.717, 1.165) is 16.3 Å². The molecular formula is C18H15Cl2NO3S. The second-order valence-electron chi connectivity index (χ2n) is 5.05. The summed E-state index contributed by atoms with van der Waals surface area (Å²) in [5, 5.41) is 3.81. The van der Waals surface area contributed by atoms with Crippen molar-refractivity contribution in [2.24, 2.45) is 0 Å². The minimum atomic E-state index is 0.310. The summed E-state index contributed by atoms with van der Waals surface area (Å²) in [6.07, 6.45) is 0. The predicted octanol–water partition coefficient (Wildman–Crippen LogP) is 5.71. The summed E-state index contributed by atoms with van der Waals surface area (Å²) in [5.41, 5.74) is 1.68. The summed E-state index contributed by atoms with van der Waals surface area (Å²) in [4.78, 5) is 4.62. The molecule has 0 spiro atoms. The fourth-order valence-electron chi connectivity index (χ4n) is 2.30. The maximum atomic E-state index is 6.11. The van der Waals surface area contributed by atoms with Crippen molar-refractivity contribution in [3.63, 3.8) is 0 Å². The van der Waals surface area contributed by atoms with E-state index in [1.165, 1.54) is 11.3 Å². The zero-order chi connectivity index (χ0) is 17.8. The number of methoxy groups -OCH3 is 2. The van der Waals surface area contributed by atoms with Crippen LogP contribution in [-0.2, 0) is 6.61 Å². The Morgan fingerprint density at radius 3 is 2.60 bits per heavy atom. The van der Waals surface area contributed by atoms with E-state index < -0.39 is 0 Å². The van der Waals surface area contributed by atoms with Crippen molar-refractivity contribution in [2.75, 3.05) is 14.2 Å². The van der Waals surface area contributed by atoms with Crippen LogP contribution in [0.5, 0.6) is 17.2 Å². The Morgan fingerprint density at radius 2 is 1.88 bits per heavy atom. The molecule has 7 heteroatoms. The first kappa shape index (κ1) is 17.9. The third kappa shape index (κ3) is 4.00. The molecule has 0 amide bonds. The lowest BCUT2D eigenvalue weighted by Crippen LogP contribution is -1.97. The molecule has 0 fully saturated rings. The number of hydrogen-bond donors (Lipinski definition) is 0. The number of benzene rings is 2. The molecule has 130 valence electrons. The van der Waals surface area contributed by atoms with Crippen molar-refractivity contribution in [3.05, 3.63) is 57.5 Å². The van der Waals surface area contributed by atoms with Crippen molar-refractivity contribution in [2.45, 2.75) is 6.61 Å². The van der Waals surface area contributed by atoms with Crippen LogP contribution in [0.3, 0.4) is 0 Å². The average Bonchev–Trinajstić information content (AvgIpc) is 3.09. The van der Waals surface area contributed by atoms with Gasteiger partial charge in [0.05, 0.1) is 30.5 Å². The maximum Gasteiger partial charge on any atom is 0.170 e. The quantitative estimate of drug-likeness (QED) is 0.535. The zero-order valence-electron chi connectivity index (χ0n) is 13.6. The molecule has 0 saturated heterocycles. The topological polar surface area (TPSA) is 40.6 Å². The van der Waals surface area contributed by atoms with Crippen LogP contribution in [-0.4, -0.2) is 19.2 Å². The lowest BCUT2D eigenvalue weighted by molar-refractivity contribution is 0.302. The minimum absolute atomic E-state index is 0.310. The molecule has 1 aromatic heterocycles. The summed E-state index contributed by atoms with van der Waals surface area (Å²) < 4.78 is 16.5. The second-order valence-corrected chi connectivity index (χ2v) is 6.75. The first-order valence-electron chi connectivity index (χ1n) is 7.36. The van der Waals surface area contributed by atoms with Crippen molar-refractivity contribution < 1.29 is 14.2 Å². The van der Waals surface area contributed by atoms with Gasteiger partial charge in [0.15, 0.2) is 11.5 Å². The number of aromatic nitrogens is 1. The predicted molar refractivity (Wildman–Crippen MR) is 101 cm³/mol. The lowest BCUT2D eigenvalue weighted by Gasteiger charge is -2.10. The number of thiazole rings is 1. The molecule has 0 aliphatic carbocycles. The highest BCUT2D eigenvalue weighted by Gasteiger charge is 2.15. The number of rotatable bonds is 6. The van der Waals surface area contributed by atoms with Gasteiger partial charge in [0.25, 0.3) is 0 Å². The third-order valence-corrected chi connectivity index (χ3v) is 4.91. The Kier molecular flexibility index (Phi) is 5.68. The monoisotopic (exact) mass is 395 g/mol. The van der Waals surface area contributed by atoms with E-state index in [4.69, 9.17) is 37.4 Å². The van der Waals surface area contributed by atoms with Crippen LogP contribution in [0.4, 0.5) is 0 Å². The van der Waals surface area contributed by atoms with Crippen LogP contribution in [0.1, 0.15) is 5.69 Å². The number of nitrogens with zero attached hydrogens (tertiary/aromatic N) is 1. The number of hydrogen-bond acceptors (Lipinski definition) is 5. The maximum absolute atomic E-state index is 6.11. The van der Waals surface area contributed by atoms with E-state index in [2.05, 4.69) is 4.98 Å². The smallest absolute Gasteiger partial charge is 0.170 e. The van der Waals surface area contributed by atoms with Crippen LogP contribution < -0.4 is 14.2 Å². The summed E-state index contributed by atoms with van der Waals surface area (Å²) >= 11 is 13.5. The number of ether oxygens (including phenoxy) is 3. The molecule has 2 aromatic carbocycles. The normalized spacial score (nSPS) is 10.6. The molecule has 0 N–H and O–H groups in total. The molecule has 4 nitrogen and oxygen atoms in total. The number of para-hydroxylation sites is 1. The van der Waals surface area contributed by atoms with Gasteiger partial charge in [0.2, 0.25) is 0 Å². The van der Waals surface area contributed by atoms with Gasteiger partial charge in [-0.2, -0.15) is 0 Å². The van der Waals surface area contributed by atoms with E-state index in [-0.39, 0.29) is 0 Å². The first-order valence-corrected chi connectivity index (χ1v) is 8.99. The Labute approximate surface area is 159 Å². The minimum Gasteiger partial charge on any atom is -0.493 e. The summed E-state index contributed by atoms with van der Waals surface area (Å²) in [5.74, 6) is 1.90. The van der Waals surface area contributed by atoms with Gasteiger partial charge in [-0.15, -0.1) is 11.3 Å². The largest absolute Gasteiger partial charge is 0.493 e. The van der Waals surface area contributed by atoms with E-state index in [1.54, 1.807) is 32.4 Å². The molecule has 0 atom stereocenters. The Bertz CT molecular complexity index is 883. The van der Waals surface area contributed by atoms with E-state index >= 15 is 0 Å². The Hall–Kier alpha value is -1.95. The van der Waals surface area contributed by atoms with Gasteiger partial charge in [0.1, 0.15) is 17.4 Å². The second kappa shape index (κ2) is 7.95. The van der Waals surface area contributed by atoms with E-state index in [1.807, 2.05) is 23.6 Å². The molecule has 3 aromatic rings. The highest BCUT2D eigenvalue weighted by Crippen LogP contribution is 2.39. The summed E-state index contributed by atoms with van der Waals surface area (Å²) in [6.45, 7) is 0.310. The summed E-state index contributed by atoms with van der Waals surface area (Å²) in [6, 6.07) is 10.8. The number of halogens is 2. The highest BCUT2D eigenvalue weighted by atomic mass is 35.5. The Morgan fingerprint density at radius 1 is 1.04 bits per heavy atom. The van der Waals surface area contributed by atoms with E-state index in [0.29, 0.717) is 33.9 Å². The molecule has 25 heavy (non-hydrogen) atoms. The van der Waals surface area contributed by atoms with Gasteiger partial charge >= 0.3 is 0 Å². The molecule has 0 unspecified atom stereocenters.